The van der Waals surface area contributed by atoms with Crippen LogP contribution in [0, 0.1) is 29.3 Å². The molecule has 0 heterocycles. The third-order valence-corrected chi connectivity index (χ3v) is 8.98. The molecule has 3 nitrogen and oxygen atoms in total. The minimum Gasteiger partial charge on any atom is -0.491 e. The van der Waals surface area contributed by atoms with E-state index in [1.54, 1.807) is 18.2 Å². The maximum absolute atomic E-state index is 15.1. The summed E-state index contributed by atoms with van der Waals surface area (Å²) in [5, 5.41) is 0. The summed E-state index contributed by atoms with van der Waals surface area (Å²) in [7, 11) is 0. The van der Waals surface area contributed by atoms with Crippen LogP contribution in [0.5, 0.6) is 11.5 Å². The van der Waals surface area contributed by atoms with Crippen LogP contribution in [-0.2, 0) is 4.79 Å². The predicted molar refractivity (Wildman–Crippen MR) is 152 cm³/mol. The Morgan fingerprint density at radius 2 is 1.35 bits per heavy atom. The molecule has 2 aliphatic carbocycles. The molecule has 220 valence electrons. The first-order valence-electron chi connectivity index (χ1n) is 15.5. The van der Waals surface area contributed by atoms with Crippen LogP contribution in [0.2, 0.25) is 0 Å². The number of ether oxygens (including phenoxy) is 2. The van der Waals surface area contributed by atoms with Crippen LogP contribution in [0.15, 0.2) is 30.3 Å². The lowest BCUT2D eigenvalue weighted by atomic mass is 9.76. The Morgan fingerprint density at radius 1 is 0.775 bits per heavy atom. The Balaban J connectivity index is 1.24. The highest BCUT2D eigenvalue weighted by atomic mass is 19.2. The van der Waals surface area contributed by atoms with Crippen LogP contribution < -0.4 is 9.47 Å². The molecule has 2 saturated carbocycles. The molecule has 40 heavy (non-hydrogen) atoms. The molecule has 2 aromatic carbocycles. The van der Waals surface area contributed by atoms with E-state index in [1.807, 2.05) is 0 Å². The number of hydrogen-bond donors (Lipinski definition) is 0. The standard InChI is InChI=1S/C34H45F3O3/c1-3-4-5-6-7-8-21-39-31-20-17-27(22-30(31)35)40-34(38)26-15-13-25(14-16-26)29-19-18-28(32(36)33(29)37)24-11-9-23(2)10-12-24/h17-20,22-26H,3-16,21H2,1-2H3. The minimum atomic E-state index is -0.726. The van der Waals surface area contributed by atoms with E-state index in [1.165, 1.54) is 31.4 Å². The average Bonchev–Trinajstić information content (AvgIpc) is 2.96. The summed E-state index contributed by atoms with van der Waals surface area (Å²) in [5.41, 5.74) is 0.923. The van der Waals surface area contributed by atoms with Crippen molar-refractivity contribution in [1.82, 2.24) is 0 Å². The van der Waals surface area contributed by atoms with Crippen LogP contribution in [0.1, 0.15) is 127 Å². The molecule has 2 aliphatic rings. The van der Waals surface area contributed by atoms with Crippen LogP contribution >= 0.6 is 0 Å². The Hall–Kier alpha value is -2.50. The predicted octanol–water partition coefficient (Wildman–Crippen LogP) is 10.0. The molecule has 0 N–H and O–H groups in total. The summed E-state index contributed by atoms with van der Waals surface area (Å²) >= 11 is 0. The van der Waals surface area contributed by atoms with Crippen molar-refractivity contribution in [2.24, 2.45) is 11.8 Å². The average molecular weight is 559 g/mol. The van der Waals surface area contributed by atoms with Crippen molar-refractivity contribution in [3.05, 3.63) is 58.9 Å². The summed E-state index contributed by atoms with van der Waals surface area (Å²) in [6.45, 7) is 4.85. The Kier molecular flexibility index (Phi) is 11.4. The number of benzene rings is 2. The van der Waals surface area contributed by atoms with E-state index >= 15 is 8.78 Å². The van der Waals surface area contributed by atoms with Crippen LogP contribution in [0.25, 0.3) is 0 Å². The number of hydrogen-bond acceptors (Lipinski definition) is 3. The Morgan fingerprint density at radius 3 is 1.95 bits per heavy atom. The molecule has 0 aromatic heterocycles. The van der Waals surface area contributed by atoms with Gasteiger partial charge in [0.05, 0.1) is 12.5 Å². The van der Waals surface area contributed by atoms with Gasteiger partial charge in [0.2, 0.25) is 0 Å². The second-order valence-electron chi connectivity index (χ2n) is 12.0. The summed E-state index contributed by atoms with van der Waals surface area (Å²) in [6, 6.07) is 7.78. The zero-order valence-electron chi connectivity index (χ0n) is 24.2. The second-order valence-corrected chi connectivity index (χ2v) is 12.0. The molecule has 0 amide bonds. The fourth-order valence-corrected chi connectivity index (χ4v) is 6.35. The molecule has 0 radical (unpaired) electrons. The molecule has 0 aliphatic heterocycles. The van der Waals surface area contributed by atoms with Gasteiger partial charge in [0, 0.05) is 6.07 Å². The summed E-state index contributed by atoms with van der Waals surface area (Å²) < 4.78 is 55.8. The maximum Gasteiger partial charge on any atom is 0.314 e. The molecule has 0 spiro atoms. The number of carbonyl (C=O) groups is 1. The summed E-state index contributed by atoms with van der Waals surface area (Å²) in [5.74, 6) is -1.80. The van der Waals surface area contributed by atoms with E-state index in [0.717, 1.165) is 44.9 Å². The van der Waals surface area contributed by atoms with Gasteiger partial charge in [-0.25, -0.2) is 13.2 Å². The van der Waals surface area contributed by atoms with Gasteiger partial charge in [-0.3, -0.25) is 4.79 Å². The van der Waals surface area contributed by atoms with E-state index < -0.39 is 23.4 Å². The highest BCUT2D eigenvalue weighted by Crippen LogP contribution is 2.41. The number of halogens is 3. The first-order valence-corrected chi connectivity index (χ1v) is 15.5. The Labute approximate surface area is 237 Å². The van der Waals surface area contributed by atoms with Crippen molar-refractivity contribution in [2.75, 3.05) is 6.61 Å². The van der Waals surface area contributed by atoms with Crippen molar-refractivity contribution in [1.29, 1.82) is 0 Å². The van der Waals surface area contributed by atoms with Gasteiger partial charge in [0.1, 0.15) is 5.75 Å². The van der Waals surface area contributed by atoms with Gasteiger partial charge in [-0.1, -0.05) is 70.9 Å². The maximum atomic E-state index is 15.1. The van der Waals surface area contributed by atoms with E-state index in [-0.39, 0.29) is 29.3 Å². The molecule has 2 fully saturated rings. The van der Waals surface area contributed by atoms with Gasteiger partial charge in [-0.2, -0.15) is 0 Å². The highest BCUT2D eigenvalue weighted by Gasteiger charge is 2.32. The fourth-order valence-electron chi connectivity index (χ4n) is 6.35. The number of carbonyl (C=O) groups excluding carboxylic acids is 1. The van der Waals surface area contributed by atoms with E-state index in [9.17, 15) is 9.18 Å². The van der Waals surface area contributed by atoms with Crippen LogP contribution in [0.3, 0.4) is 0 Å². The number of esters is 1. The topological polar surface area (TPSA) is 35.5 Å². The first-order chi connectivity index (χ1) is 19.4. The summed E-state index contributed by atoms with van der Waals surface area (Å²) in [4.78, 5) is 12.8. The first kappa shape index (κ1) is 30.5. The monoisotopic (exact) mass is 558 g/mol. The van der Waals surface area contributed by atoms with Crippen LogP contribution in [0.4, 0.5) is 13.2 Å². The van der Waals surface area contributed by atoms with Gasteiger partial charge in [0.15, 0.2) is 23.2 Å². The molecule has 0 saturated heterocycles. The van der Waals surface area contributed by atoms with Crippen molar-refractivity contribution in [3.8, 4) is 11.5 Å². The molecule has 0 bridgehead atoms. The second kappa shape index (κ2) is 14.9. The Bertz CT molecular complexity index is 1100. The van der Waals surface area contributed by atoms with Crippen molar-refractivity contribution >= 4 is 5.97 Å². The molecule has 0 unspecified atom stereocenters. The van der Waals surface area contributed by atoms with E-state index in [4.69, 9.17) is 9.47 Å². The van der Waals surface area contributed by atoms with E-state index in [2.05, 4.69) is 13.8 Å². The smallest absolute Gasteiger partial charge is 0.314 e. The lowest BCUT2D eigenvalue weighted by molar-refractivity contribution is -0.140. The minimum absolute atomic E-state index is 0.0936. The summed E-state index contributed by atoms with van der Waals surface area (Å²) in [6.07, 6.45) is 12.9. The van der Waals surface area contributed by atoms with Gasteiger partial charge in [-0.15, -0.1) is 0 Å². The molecule has 2 aromatic rings. The van der Waals surface area contributed by atoms with Gasteiger partial charge >= 0.3 is 5.97 Å². The van der Waals surface area contributed by atoms with Crippen molar-refractivity contribution < 1.29 is 27.4 Å². The van der Waals surface area contributed by atoms with Crippen molar-refractivity contribution in [2.45, 2.75) is 116 Å². The third kappa shape index (κ3) is 8.04. The number of rotatable bonds is 12. The fraction of sp³-hybridized carbons (Fsp3) is 0.618. The third-order valence-electron chi connectivity index (χ3n) is 8.98. The highest BCUT2D eigenvalue weighted by molar-refractivity contribution is 5.75. The zero-order valence-corrected chi connectivity index (χ0v) is 24.2. The largest absolute Gasteiger partial charge is 0.491 e. The lowest BCUT2D eigenvalue weighted by Gasteiger charge is -2.29. The van der Waals surface area contributed by atoms with Gasteiger partial charge < -0.3 is 9.47 Å². The molecule has 4 rings (SSSR count). The van der Waals surface area contributed by atoms with Gasteiger partial charge in [-0.05, 0) is 86.0 Å². The molecular weight excluding hydrogens is 513 g/mol. The zero-order chi connectivity index (χ0) is 28.5. The van der Waals surface area contributed by atoms with Crippen molar-refractivity contribution in [3.63, 3.8) is 0 Å². The van der Waals surface area contributed by atoms with E-state index in [0.29, 0.717) is 49.3 Å². The SMILES string of the molecule is CCCCCCCCOc1ccc(OC(=O)C2CCC(c3ccc(C4CCC(C)CC4)c(F)c3F)CC2)cc1F. The lowest BCUT2D eigenvalue weighted by Crippen LogP contribution is -2.25. The number of unbranched alkanes of at least 4 members (excludes halogenated alkanes) is 5. The molecule has 0 atom stereocenters. The quantitative estimate of drug-likeness (QED) is 0.148. The van der Waals surface area contributed by atoms with Crippen LogP contribution in [-0.4, -0.2) is 12.6 Å². The van der Waals surface area contributed by atoms with Gasteiger partial charge in [0.25, 0.3) is 0 Å². The normalized spacial score (nSPS) is 23.1. The molecule has 6 heteroatoms. The molecular formula is C34H45F3O3.